The van der Waals surface area contributed by atoms with Crippen molar-refractivity contribution in [2.75, 3.05) is 6.61 Å². The van der Waals surface area contributed by atoms with Crippen LogP contribution in [0.25, 0.3) is 27.5 Å². The van der Waals surface area contributed by atoms with Gasteiger partial charge in [0, 0.05) is 22.9 Å². The molecule has 0 amide bonds. The van der Waals surface area contributed by atoms with Gasteiger partial charge in [-0.1, -0.05) is 78.4 Å². The standard InChI is InChI=1S/C33H28F3N3O2S/c1-3-41-30(40)27-20-42-31(37-27)39-29(32(16-17-32)33(34,35)36)26(18-22-14-12-21(2)13-15-22)28(38-39)25-11-7-10-24(19-25)23-8-5-4-6-9-23/h4-15,19-20H,3,16-18H2,1-2H3. The molecule has 2 heterocycles. The number of rotatable bonds is 8. The van der Waals surface area contributed by atoms with Crippen LogP contribution in [0.5, 0.6) is 0 Å². The molecule has 0 spiro atoms. The number of hydrogen-bond donors (Lipinski definition) is 0. The van der Waals surface area contributed by atoms with E-state index >= 15 is 0 Å². The van der Waals surface area contributed by atoms with Crippen LogP contribution in [-0.2, 0) is 16.6 Å². The number of benzene rings is 3. The summed E-state index contributed by atoms with van der Waals surface area (Å²) in [7, 11) is 0. The number of aromatic nitrogens is 3. The number of hydrogen-bond acceptors (Lipinski definition) is 5. The lowest BCUT2D eigenvalue weighted by atomic mass is 9.90. The molecule has 1 aliphatic rings. The van der Waals surface area contributed by atoms with E-state index in [1.54, 1.807) is 6.92 Å². The molecule has 9 heteroatoms. The Hall–Kier alpha value is -4.24. The highest BCUT2D eigenvalue weighted by Gasteiger charge is 2.67. The van der Waals surface area contributed by atoms with E-state index in [-0.39, 0.29) is 42.4 Å². The lowest BCUT2D eigenvalue weighted by Gasteiger charge is -2.22. The SMILES string of the molecule is CCOC(=O)c1csc(-n2nc(-c3cccc(-c4ccccc4)c3)c(Cc3ccc(C)cc3)c2C2(C(F)(F)F)CC2)n1. The molecule has 214 valence electrons. The summed E-state index contributed by atoms with van der Waals surface area (Å²) in [6, 6.07) is 25.3. The third-order valence-corrected chi connectivity index (χ3v) is 8.45. The Kier molecular flexibility index (Phi) is 7.22. The predicted molar refractivity (Wildman–Crippen MR) is 157 cm³/mol. The minimum absolute atomic E-state index is 0.0390. The number of aryl methyl sites for hydroxylation is 1. The zero-order valence-corrected chi connectivity index (χ0v) is 23.9. The van der Waals surface area contributed by atoms with Gasteiger partial charge in [0.1, 0.15) is 5.41 Å². The summed E-state index contributed by atoms with van der Waals surface area (Å²) in [6.45, 7) is 3.82. The zero-order chi connectivity index (χ0) is 29.5. The van der Waals surface area contributed by atoms with Crippen molar-refractivity contribution < 1.29 is 22.7 Å². The number of carbonyl (C=O) groups is 1. The van der Waals surface area contributed by atoms with E-state index in [0.717, 1.165) is 33.6 Å². The second-order valence-corrected chi connectivity index (χ2v) is 11.3. The lowest BCUT2D eigenvalue weighted by Crippen LogP contribution is -2.32. The van der Waals surface area contributed by atoms with Crippen molar-refractivity contribution in [2.45, 2.75) is 44.7 Å². The highest BCUT2D eigenvalue weighted by Crippen LogP contribution is 2.61. The molecule has 2 aromatic heterocycles. The summed E-state index contributed by atoms with van der Waals surface area (Å²) in [5, 5.41) is 6.55. The molecular formula is C33H28F3N3O2S. The molecule has 0 aliphatic heterocycles. The molecule has 0 atom stereocenters. The summed E-state index contributed by atoms with van der Waals surface area (Å²) < 4.78 is 50.9. The van der Waals surface area contributed by atoms with E-state index in [9.17, 15) is 18.0 Å². The van der Waals surface area contributed by atoms with Crippen molar-refractivity contribution in [3.63, 3.8) is 0 Å². The van der Waals surface area contributed by atoms with Gasteiger partial charge in [0.05, 0.1) is 18.0 Å². The van der Waals surface area contributed by atoms with E-state index in [4.69, 9.17) is 9.84 Å². The fourth-order valence-electron chi connectivity index (χ4n) is 5.31. The van der Waals surface area contributed by atoms with Crippen LogP contribution >= 0.6 is 11.3 Å². The highest BCUT2D eigenvalue weighted by molar-refractivity contribution is 7.12. The molecular weight excluding hydrogens is 559 g/mol. The maximum absolute atomic E-state index is 14.8. The maximum Gasteiger partial charge on any atom is 0.399 e. The van der Waals surface area contributed by atoms with Crippen molar-refractivity contribution in [1.82, 2.24) is 14.8 Å². The van der Waals surface area contributed by atoms with Crippen LogP contribution in [0, 0.1) is 6.92 Å². The second-order valence-electron chi connectivity index (χ2n) is 10.5. The Balaban J connectivity index is 1.59. The Morgan fingerprint density at radius 3 is 2.33 bits per heavy atom. The first kappa shape index (κ1) is 27.9. The fourth-order valence-corrected chi connectivity index (χ4v) is 6.06. The molecule has 0 bridgehead atoms. The van der Waals surface area contributed by atoms with Crippen LogP contribution in [0.15, 0.2) is 84.2 Å². The van der Waals surface area contributed by atoms with E-state index in [1.807, 2.05) is 85.8 Å². The molecule has 5 nitrogen and oxygen atoms in total. The average molecular weight is 588 g/mol. The van der Waals surface area contributed by atoms with Gasteiger partial charge in [0.15, 0.2) is 5.69 Å². The van der Waals surface area contributed by atoms with E-state index < -0.39 is 17.6 Å². The van der Waals surface area contributed by atoms with Gasteiger partial charge in [-0.3, -0.25) is 0 Å². The Morgan fingerprint density at radius 2 is 1.67 bits per heavy atom. The van der Waals surface area contributed by atoms with Crippen molar-refractivity contribution in [3.8, 4) is 27.5 Å². The monoisotopic (exact) mass is 587 g/mol. The largest absolute Gasteiger partial charge is 0.461 e. The first-order chi connectivity index (χ1) is 20.2. The third-order valence-electron chi connectivity index (χ3n) is 7.63. The van der Waals surface area contributed by atoms with Gasteiger partial charge >= 0.3 is 12.1 Å². The molecule has 0 saturated heterocycles. The van der Waals surface area contributed by atoms with Gasteiger partial charge in [-0.05, 0) is 49.4 Å². The average Bonchev–Trinajstić information content (AvgIpc) is 3.50. The quantitative estimate of drug-likeness (QED) is 0.171. The van der Waals surface area contributed by atoms with Gasteiger partial charge in [-0.15, -0.1) is 11.3 Å². The smallest absolute Gasteiger partial charge is 0.399 e. The molecule has 5 aromatic rings. The van der Waals surface area contributed by atoms with Gasteiger partial charge in [0.25, 0.3) is 0 Å². The highest BCUT2D eigenvalue weighted by atomic mass is 32.1. The topological polar surface area (TPSA) is 57.0 Å². The van der Waals surface area contributed by atoms with E-state index in [2.05, 4.69) is 4.98 Å². The Bertz CT molecular complexity index is 1740. The summed E-state index contributed by atoms with van der Waals surface area (Å²) in [4.78, 5) is 16.8. The van der Waals surface area contributed by atoms with Gasteiger partial charge < -0.3 is 4.74 Å². The first-order valence-corrected chi connectivity index (χ1v) is 14.6. The van der Waals surface area contributed by atoms with E-state index in [1.165, 1.54) is 10.1 Å². The molecule has 1 saturated carbocycles. The number of alkyl halides is 3. The molecule has 0 N–H and O–H groups in total. The lowest BCUT2D eigenvalue weighted by molar-refractivity contribution is -0.162. The fraction of sp³-hybridized carbons (Fsp3) is 0.242. The number of nitrogens with zero attached hydrogens (tertiary/aromatic N) is 3. The maximum atomic E-state index is 14.8. The Labute approximate surface area is 245 Å². The predicted octanol–water partition coefficient (Wildman–Crippen LogP) is 8.33. The van der Waals surface area contributed by atoms with Crippen molar-refractivity contribution in [2.24, 2.45) is 0 Å². The summed E-state index contributed by atoms with van der Waals surface area (Å²) in [6.07, 6.45) is -4.31. The third kappa shape index (κ3) is 5.13. The zero-order valence-electron chi connectivity index (χ0n) is 23.1. The van der Waals surface area contributed by atoms with Crippen LogP contribution in [0.1, 0.15) is 52.6 Å². The minimum atomic E-state index is -4.49. The molecule has 42 heavy (non-hydrogen) atoms. The minimum Gasteiger partial charge on any atom is -0.461 e. The van der Waals surface area contributed by atoms with E-state index in [0.29, 0.717) is 16.8 Å². The number of thiazole rings is 1. The van der Waals surface area contributed by atoms with Crippen LogP contribution in [0.4, 0.5) is 13.2 Å². The first-order valence-electron chi connectivity index (χ1n) is 13.7. The molecule has 1 aliphatic carbocycles. The van der Waals surface area contributed by atoms with Crippen LogP contribution < -0.4 is 0 Å². The normalized spacial score (nSPS) is 14.1. The molecule has 0 radical (unpaired) electrons. The van der Waals surface area contributed by atoms with Crippen molar-refractivity contribution >= 4 is 17.3 Å². The summed E-state index contributed by atoms with van der Waals surface area (Å²) >= 11 is 1.07. The van der Waals surface area contributed by atoms with Gasteiger partial charge in [-0.2, -0.15) is 18.3 Å². The summed E-state index contributed by atoms with van der Waals surface area (Å²) in [5.41, 5.74) is 3.62. The number of halogens is 3. The van der Waals surface area contributed by atoms with Gasteiger partial charge in [0.2, 0.25) is 5.13 Å². The number of esters is 1. The van der Waals surface area contributed by atoms with Gasteiger partial charge in [-0.25, -0.2) is 14.5 Å². The van der Waals surface area contributed by atoms with Crippen molar-refractivity contribution in [1.29, 1.82) is 0 Å². The Morgan fingerprint density at radius 1 is 0.976 bits per heavy atom. The van der Waals surface area contributed by atoms with Crippen LogP contribution in [-0.4, -0.2) is 33.5 Å². The molecule has 3 aromatic carbocycles. The molecule has 1 fully saturated rings. The molecule has 6 rings (SSSR count). The summed E-state index contributed by atoms with van der Waals surface area (Å²) in [5.74, 6) is -0.624. The second kappa shape index (κ2) is 10.9. The number of carbonyl (C=O) groups excluding carboxylic acids is 1. The van der Waals surface area contributed by atoms with Crippen LogP contribution in [0.3, 0.4) is 0 Å². The molecule has 0 unspecified atom stereocenters. The van der Waals surface area contributed by atoms with Crippen molar-refractivity contribution in [3.05, 3.63) is 112 Å². The van der Waals surface area contributed by atoms with Crippen LogP contribution in [0.2, 0.25) is 0 Å². The number of ether oxygens (including phenoxy) is 1.